The molecular weight excluding hydrogens is 408 g/mol. The quantitative estimate of drug-likeness (QED) is 0.537. The number of urea groups is 1. The van der Waals surface area contributed by atoms with Crippen LogP contribution in [0.4, 0.5) is 10.5 Å². The molecule has 0 saturated carbocycles. The van der Waals surface area contributed by atoms with Crippen LogP contribution in [-0.2, 0) is 4.74 Å². The summed E-state index contributed by atoms with van der Waals surface area (Å²) in [4.78, 5) is 28.2. The Kier molecular flexibility index (Phi) is 8.01. The maximum atomic E-state index is 12.3. The summed E-state index contributed by atoms with van der Waals surface area (Å²) in [6, 6.07) is 9.53. The van der Waals surface area contributed by atoms with Gasteiger partial charge in [0.05, 0.1) is 18.8 Å². The van der Waals surface area contributed by atoms with Gasteiger partial charge in [0, 0.05) is 35.2 Å². The van der Waals surface area contributed by atoms with E-state index in [2.05, 4.69) is 20.9 Å². The minimum atomic E-state index is -0.488. The van der Waals surface area contributed by atoms with Crippen molar-refractivity contribution in [2.75, 3.05) is 18.5 Å². The van der Waals surface area contributed by atoms with Crippen molar-refractivity contribution in [2.24, 2.45) is 0 Å². The third kappa shape index (κ3) is 6.41. The molecule has 0 radical (unpaired) electrons. The van der Waals surface area contributed by atoms with E-state index in [1.54, 1.807) is 48.8 Å². The average Bonchev–Trinajstić information content (AvgIpc) is 2.77. The van der Waals surface area contributed by atoms with E-state index in [1.807, 2.05) is 0 Å². The van der Waals surface area contributed by atoms with Crippen molar-refractivity contribution in [3.05, 3.63) is 59.4 Å². The first kappa shape index (κ1) is 22.0. The SMILES string of the molecule is O=C(NCC[C@@H]1CC[C@H](NC(=O)c2ccncc2)[C@H](CO)O1)Nc1ccc(Cl)cc1. The standard InChI is InChI=1S/C21H25ClN4O4/c22-15-1-3-16(4-2-15)25-21(29)24-12-9-17-5-6-18(19(13-27)30-17)26-20(28)14-7-10-23-11-8-14/h1-4,7-8,10-11,17-19,27H,5-6,9,12-13H2,(H,26,28)(H2,24,25,29)/t17-,18-,19-/m0/s1. The maximum Gasteiger partial charge on any atom is 0.319 e. The van der Waals surface area contributed by atoms with E-state index >= 15 is 0 Å². The number of rotatable bonds is 7. The molecule has 30 heavy (non-hydrogen) atoms. The highest BCUT2D eigenvalue weighted by Gasteiger charge is 2.31. The van der Waals surface area contributed by atoms with E-state index in [0.29, 0.717) is 35.7 Å². The van der Waals surface area contributed by atoms with Crippen LogP contribution in [0.15, 0.2) is 48.8 Å². The van der Waals surface area contributed by atoms with E-state index in [0.717, 1.165) is 6.42 Å². The highest BCUT2D eigenvalue weighted by atomic mass is 35.5. The summed E-state index contributed by atoms with van der Waals surface area (Å²) in [5, 5.41) is 18.7. The van der Waals surface area contributed by atoms with Crippen LogP contribution < -0.4 is 16.0 Å². The van der Waals surface area contributed by atoms with Crippen LogP contribution in [0.3, 0.4) is 0 Å². The monoisotopic (exact) mass is 432 g/mol. The second-order valence-corrected chi connectivity index (χ2v) is 7.49. The third-order valence-electron chi connectivity index (χ3n) is 4.91. The summed E-state index contributed by atoms with van der Waals surface area (Å²) in [6.45, 7) is 0.235. The van der Waals surface area contributed by atoms with Crippen LogP contribution in [0.2, 0.25) is 5.02 Å². The molecule has 1 aromatic carbocycles. The minimum Gasteiger partial charge on any atom is -0.394 e. The van der Waals surface area contributed by atoms with Crippen LogP contribution in [0, 0.1) is 0 Å². The molecule has 0 unspecified atom stereocenters. The lowest BCUT2D eigenvalue weighted by molar-refractivity contribution is -0.0892. The van der Waals surface area contributed by atoms with Crippen molar-refractivity contribution in [3.63, 3.8) is 0 Å². The van der Waals surface area contributed by atoms with Crippen LogP contribution >= 0.6 is 11.6 Å². The number of hydrogen-bond donors (Lipinski definition) is 4. The largest absolute Gasteiger partial charge is 0.394 e. The molecule has 4 N–H and O–H groups in total. The molecule has 0 aliphatic carbocycles. The zero-order valence-electron chi connectivity index (χ0n) is 16.4. The van der Waals surface area contributed by atoms with Gasteiger partial charge in [0.2, 0.25) is 0 Å². The number of nitrogens with zero attached hydrogens (tertiary/aromatic N) is 1. The zero-order chi connectivity index (χ0) is 21.3. The van der Waals surface area contributed by atoms with E-state index in [1.165, 1.54) is 0 Å². The Hall–Kier alpha value is -2.68. The maximum absolute atomic E-state index is 12.3. The second kappa shape index (κ2) is 10.9. The molecule has 1 aliphatic rings. The molecule has 9 heteroatoms. The number of hydrogen-bond acceptors (Lipinski definition) is 5. The molecule has 8 nitrogen and oxygen atoms in total. The van der Waals surface area contributed by atoms with Crippen LogP contribution in [0.5, 0.6) is 0 Å². The molecule has 3 amide bonds. The fourth-order valence-electron chi connectivity index (χ4n) is 3.32. The summed E-state index contributed by atoms with van der Waals surface area (Å²) < 4.78 is 5.93. The number of ether oxygens (including phenoxy) is 1. The van der Waals surface area contributed by atoms with Gasteiger partial charge in [-0.3, -0.25) is 9.78 Å². The van der Waals surface area contributed by atoms with Crippen molar-refractivity contribution >= 4 is 29.2 Å². The van der Waals surface area contributed by atoms with Crippen molar-refractivity contribution in [2.45, 2.75) is 37.5 Å². The number of carbonyl (C=O) groups is 2. The first-order valence-electron chi connectivity index (χ1n) is 9.83. The highest BCUT2D eigenvalue weighted by molar-refractivity contribution is 6.30. The van der Waals surface area contributed by atoms with Crippen LogP contribution in [0.1, 0.15) is 29.6 Å². The van der Waals surface area contributed by atoms with Gasteiger partial charge in [0.1, 0.15) is 6.10 Å². The Morgan fingerprint density at radius 3 is 2.57 bits per heavy atom. The summed E-state index contributed by atoms with van der Waals surface area (Å²) in [7, 11) is 0. The van der Waals surface area contributed by atoms with Gasteiger partial charge in [-0.05, 0) is 55.7 Å². The summed E-state index contributed by atoms with van der Waals surface area (Å²) in [6.07, 6.45) is 4.53. The number of pyridine rings is 1. The van der Waals surface area contributed by atoms with E-state index < -0.39 is 6.10 Å². The first-order chi connectivity index (χ1) is 14.5. The number of carbonyl (C=O) groups excluding carboxylic acids is 2. The Morgan fingerprint density at radius 2 is 1.87 bits per heavy atom. The summed E-state index contributed by atoms with van der Waals surface area (Å²) >= 11 is 5.83. The Bertz CT molecular complexity index is 835. The van der Waals surface area contributed by atoms with Crippen molar-refractivity contribution < 1.29 is 19.4 Å². The molecule has 3 atom stereocenters. The molecule has 1 saturated heterocycles. The van der Waals surface area contributed by atoms with Gasteiger partial charge in [-0.2, -0.15) is 0 Å². The molecule has 1 fully saturated rings. The number of anilines is 1. The molecule has 1 aromatic heterocycles. The van der Waals surface area contributed by atoms with Gasteiger partial charge in [-0.15, -0.1) is 0 Å². The summed E-state index contributed by atoms with van der Waals surface area (Å²) in [5.41, 5.74) is 1.17. The number of aliphatic hydroxyl groups is 1. The topological polar surface area (TPSA) is 113 Å². The minimum absolute atomic E-state index is 0.105. The number of aliphatic hydroxyl groups excluding tert-OH is 1. The van der Waals surface area contributed by atoms with Crippen LogP contribution in [-0.4, -0.2) is 53.4 Å². The van der Waals surface area contributed by atoms with Gasteiger partial charge in [-0.25, -0.2) is 4.79 Å². The Morgan fingerprint density at radius 1 is 1.13 bits per heavy atom. The van der Waals surface area contributed by atoms with Gasteiger partial charge in [0.25, 0.3) is 5.91 Å². The zero-order valence-corrected chi connectivity index (χ0v) is 17.1. The van der Waals surface area contributed by atoms with E-state index in [-0.39, 0.29) is 30.7 Å². The van der Waals surface area contributed by atoms with Gasteiger partial charge >= 0.3 is 6.03 Å². The Balaban J connectivity index is 1.40. The summed E-state index contributed by atoms with van der Waals surface area (Å²) in [5.74, 6) is -0.219. The molecule has 160 valence electrons. The van der Waals surface area contributed by atoms with E-state index in [4.69, 9.17) is 16.3 Å². The predicted octanol–water partition coefficient (Wildman–Crippen LogP) is 2.59. The van der Waals surface area contributed by atoms with Crippen molar-refractivity contribution in [1.29, 1.82) is 0 Å². The predicted molar refractivity (Wildman–Crippen MR) is 114 cm³/mol. The lowest BCUT2D eigenvalue weighted by Crippen LogP contribution is -2.51. The number of benzene rings is 1. The van der Waals surface area contributed by atoms with Crippen molar-refractivity contribution in [3.8, 4) is 0 Å². The second-order valence-electron chi connectivity index (χ2n) is 7.05. The molecule has 0 spiro atoms. The number of halogens is 1. The molecule has 2 heterocycles. The molecular formula is C21H25ClN4O4. The Labute approximate surface area is 180 Å². The average molecular weight is 433 g/mol. The fraction of sp³-hybridized carbons (Fsp3) is 0.381. The lowest BCUT2D eigenvalue weighted by atomic mass is 9.97. The fourth-order valence-corrected chi connectivity index (χ4v) is 3.45. The molecule has 0 bridgehead atoms. The van der Waals surface area contributed by atoms with Gasteiger partial charge in [0.15, 0.2) is 0 Å². The number of aromatic nitrogens is 1. The first-order valence-corrected chi connectivity index (χ1v) is 10.2. The van der Waals surface area contributed by atoms with Crippen molar-refractivity contribution in [1.82, 2.24) is 15.6 Å². The van der Waals surface area contributed by atoms with Gasteiger partial charge < -0.3 is 25.8 Å². The number of nitrogens with one attached hydrogen (secondary N) is 3. The molecule has 2 aromatic rings. The molecule has 1 aliphatic heterocycles. The highest BCUT2D eigenvalue weighted by Crippen LogP contribution is 2.22. The van der Waals surface area contributed by atoms with Gasteiger partial charge in [-0.1, -0.05) is 11.6 Å². The molecule has 3 rings (SSSR count). The number of amides is 3. The third-order valence-corrected chi connectivity index (χ3v) is 5.16. The van der Waals surface area contributed by atoms with Crippen LogP contribution in [0.25, 0.3) is 0 Å². The normalized spacial score (nSPS) is 20.9. The lowest BCUT2D eigenvalue weighted by Gasteiger charge is -2.36. The smallest absolute Gasteiger partial charge is 0.319 e. The van der Waals surface area contributed by atoms with E-state index in [9.17, 15) is 14.7 Å².